The number of nitrogens with zero attached hydrogens (tertiary/aromatic N) is 3. The maximum Gasteiger partial charge on any atom is 0.170 e. The molecule has 1 aliphatic carbocycles. The first-order valence-corrected chi connectivity index (χ1v) is 13.2. The molecule has 0 unspecified atom stereocenters. The normalized spacial score (nSPS) is 21.2. The first-order chi connectivity index (χ1) is 16.5. The Labute approximate surface area is 209 Å². The lowest BCUT2D eigenvalue weighted by atomic mass is 9.90. The second-order valence-electron chi connectivity index (χ2n) is 9.92. The van der Waals surface area contributed by atoms with E-state index >= 15 is 0 Å². The number of para-hydroxylation sites is 1. The van der Waals surface area contributed by atoms with Crippen LogP contribution in [-0.2, 0) is 6.42 Å². The summed E-state index contributed by atoms with van der Waals surface area (Å²) in [5.41, 5.74) is 9.03. The predicted molar refractivity (Wildman–Crippen MR) is 144 cm³/mol. The van der Waals surface area contributed by atoms with E-state index in [1.54, 1.807) is 0 Å². The van der Waals surface area contributed by atoms with Crippen molar-refractivity contribution >= 4 is 17.3 Å². The molecular weight excluding hydrogens is 436 g/mol. The van der Waals surface area contributed by atoms with Crippen molar-refractivity contribution in [3.05, 3.63) is 82.4 Å². The smallest absolute Gasteiger partial charge is 0.170 e. The van der Waals surface area contributed by atoms with Crippen molar-refractivity contribution in [1.82, 2.24) is 19.8 Å². The van der Waals surface area contributed by atoms with Gasteiger partial charge in [0.15, 0.2) is 5.11 Å². The molecule has 2 atom stereocenters. The Kier molecular flexibility index (Phi) is 6.48. The highest BCUT2D eigenvalue weighted by Crippen LogP contribution is 2.44. The Bertz CT molecular complexity index is 1180. The quantitative estimate of drug-likeness (QED) is 0.421. The topological polar surface area (TPSA) is 33.1 Å². The Hall–Kier alpha value is -2.66. The number of aryl methyl sites for hydroxylation is 3. The van der Waals surface area contributed by atoms with Crippen molar-refractivity contribution in [2.24, 2.45) is 0 Å². The Morgan fingerprint density at radius 3 is 2.53 bits per heavy atom. The van der Waals surface area contributed by atoms with Gasteiger partial charge in [0.05, 0.1) is 23.5 Å². The molecule has 2 fully saturated rings. The van der Waals surface area contributed by atoms with E-state index in [-0.39, 0.29) is 12.1 Å². The molecule has 34 heavy (non-hydrogen) atoms. The number of nitrogens with one attached hydrogen (secondary N) is 1. The summed E-state index contributed by atoms with van der Waals surface area (Å²) in [6.07, 6.45) is 9.24. The molecule has 0 radical (unpaired) electrons. The van der Waals surface area contributed by atoms with E-state index in [4.69, 9.17) is 17.2 Å². The van der Waals surface area contributed by atoms with Gasteiger partial charge in [-0.25, -0.2) is 0 Å². The zero-order valence-electron chi connectivity index (χ0n) is 20.8. The van der Waals surface area contributed by atoms with Gasteiger partial charge in [-0.3, -0.25) is 4.98 Å². The van der Waals surface area contributed by atoms with Gasteiger partial charge in [-0.05, 0) is 87.1 Å². The number of hydrogen-bond acceptors (Lipinski definition) is 2. The highest BCUT2D eigenvalue weighted by atomic mass is 32.1. The Balaban J connectivity index is 1.66. The molecule has 5 rings (SSSR count). The monoisotopic (exact) mass is 472 g/mol. The molecule has 1 N–H and O–H groups in total. The van der Waals surface area contributed by atoms with Crippen molar-refractivity contribution in [3.63, 3.8) is 0 Å². The highest BCUT2D eigenvalue weighted by Gasteiger charge is 2.44. The standard InChI is InChI=1S/C29H36N4S/c1-5-22-13-11-12-19(2)27(22)32-20(3)18-24(21(32)4)28-26(25-16-9-10-17-30-25)31-29(34)33(28)23-14-7-6-8-15-23/h9-13,16-18,23,26,28H,5-8,14-15H2,1-4H3,(H,31,34)/t26-,28-/m0/s1. The van der Waals surface area contributed by atoms with E-state index in [2.05, 4.69) is 78.9 Å². The number of aromatic nitrogens is 2. The van der Waals surface area contributed by atoms with Crippen molar-refractivity contribution < 1.29 is 0 Å². The predicted octanol–water partition coefficient (Wildman–Crippen LogP) is 6.67. The van der Waals surface area contributed by atoms with E-state index in [9.17, 15) is 0 Å². The SMILES string of the molecule is CCc1cccc(C)c1-n1c(C)cc([C@H]2[C@H](c3ccccn3)NC(=S)N2C2CCCCC2)c1C. The summed E-state index contributed by atoms with van der Waals surface area (Å²) in [5, 5.41) is 4.56. The van der Waals surface area contributed by atoms with Gasteiger partial charge in [0, 0.05) is 23.6 Å². The third kappa shape index (κ3) is 3.94. The molecule has 178 valence electrons. The lowest BCUT2D eigenvalue weighted by molar-refractivity contribution is 0.197. The zero-order valence-corrected chi connectivity index (χ0v) is 21.7. The minimum Gasteiger partial charge on any atom is -0.352 e. The fourth-order valence-corrected chi connectivity index (χ4v) is 6.60. The van der Waals surface area contributed by atoms with Gasteiger partial charge in [-0.15, -0.1) is 0 Å². The molecule has 1 aliphatic heterocycles. The van der Waals surface area contributed by atoms with Crippen LogP contribution in [0.2, 0.25) is 0 Å². The van der Waals surface area contributed by atoms with Crippen LogP contribution in [0.3, 0.4) is 0 Å². The summed E-state index contributed by atoms with van der Waals surface area (Å²) in [6.45, 7) is 8.99. The van der Waals surface area contributed by atoms with Crippen molar-refractivity contribution in [3.8, 4) is 5.69 Å². The average Bonchev–Trinajstić information content (AvgIpc) is 3.35. The van der Waals surface area contributed by atoms with Gasteiger partial charge < -0.3 is 14.8 Å². The van der Waals surface area contributed by atoms with E-state index < -0.39 is 0 Å². The van der Waals surface area contributed by atoms with Crippen LogP contribution >= 0.6 is 12.2 Å². The van der Waals surface area contributed by atoms with Crippen LogP contribution in [0, 0.1) is 20.8 Å². The highest BCUT2D eigenvalue weighted by molar-refractivity contribution is 7.80. The van der Waals surface area contributed by atoms with E-state index in [0.717, 1.165) is 17.2 Å². The van der Waals surface area contributed by atoms with Crippen LogP contribution in [0.1, 0.15) is 84.9 Å². The van der Waals surface area contributed by atoms with Crippen molar-refractivity contribution in [2.75, 3.05) is 0 Å². The summed E-state index contributed by atoms with van der Waals surface area (Å²) in [6, 6.07) is 15.9. The number of pyridine rings is 1. The van der Waals surface area contributed by atoms with Gasteiger partial charge in [-0.1, -0.05) is 50.5 Å². The van der Waals surface area contributed by atoms with Gasteiger partial charge in [-0.2, -0.15) is 0 Å². The third-order valence-corrected chi connectivity index (χ3v) is 8.15. The fraction of sp³-hybridized carbons (Fsp3) is 0.448. The van der Waals surface area contributed by atoms with Gasteiger partial charge in [0.1, 0.15) is 0 Å². The van der Waals surface area contributed by atoms with Crippen molar-refractivity contribution in [1.29, 1.82) is 0 Å². The van der Waals surface area contributed by atoms with E-state index in [1.165, 1.54) is 65.9 Å². The molecule has 5 heteroatoms. The molecule has 2 aromatic heterocycles. The van der Waals surface area contributed by atoms with Gasteiger partial charge in [0.2, 0.25) is 0 Å². The molecule has 0 bridgehead atoms. The van der Waals surface area contributed by atoms with Gasteiger partial charge >= 0.3 is 0 Å². The first kappa shape index (κ1) is 23.1. The van der Waals surface area contributed by atoms with Crippen molar-refractivity contribution in [2.45, 2.75) is 84.3 Å². The average molecular weight is 473 g/mol. The molecule has 1 aromatic carbocycles. The summed E-state index contributed by atoms with van der Waals surface area (Å²) in [7, 11) is 0. The fourth-order valence-electron chi connectivity index (χ4n) is 6.21. The molecule has 1 saturated carbocycles. The maximum atomic E-state index is 5.99. The molecular formula is C29H36N4S. The molecule has 3 heterocycles. The lowest BCUT2D eigenvalue weighted by Gasteiger charge is -2.37. The van der Waals surface area contributed by atoms with Crippen LogP contribution in [0.25, 0.3) is 5.69 Å². The minimum absolute atomic E-state index is 0.0482. The molecule has 3 aromatic rings. The lowest BCUT2D eigenvalue weighted by Crippen LogP contribution is -2.40. The first-order valence-electron chi connectivity index (χ1n) is 12.8. The molecule has 0 spiro atoms. The van der Waals surface area contributed by atoms with Crippen LogP contribution in [0.15, 0.2) is 48.7 Å². The zero-order chi connectivity index (χ0) is 23.8. The Morgan fingerprint density at radius 1 is 1.03 bits per heavy atom. The number of benzene rings is 1. The molecule has 1 saturated heterocycles. The summed E-state index contributed by atoms with van der Waals surface area (Å²) < 4.78 is 2.47. The van der Waals surface area contributed by atoms with Crippen LogP contribution in [-0.4, -0.2) is 25.6 Å². The number of rotatable bonds is 5. The Morgan fingerprint density at radius 2 is 1.82 bits per heavy atom. The summed E-state index contributed by atoms with van der Waals surface area (Å²) in [4.78, 5) is 7.28. The molecule has 2 aliphatic rings. The second-order valence-corrected chi connectivity index (χ2v) is 10.3. The minimum atomic E-state index is 0.0482. The summed E-state index contributed by atoms with van der Waals surface area (Å²) in [5.74, 6) is 0. The largest absolute Gasteiger partial charge is 0.352 e. The molecule has 0 amide bonds. The van der Waals surface area contributed by atoms with E-state index in [1.807, 2.05) is 12.3 Å². The van der Waals surface area contributed by atoms with Gasteiger partial charge in [0.25, 0.3) is 0 Å². The van der Waals surface area contributed by atoms with Crippen LogP contribution in [0.5, 0.6) is 0 Å². The number of hydrogen-bond donors (Lipinski definition) is 1. The van der Waals surface area contributed by atoms with Crippen LogP contribution < -0.4 is 5.32 Å². The molecule has 4 nitrogen and oxygen atoms in total. The van der Waals surface area contributed by atoms with Crippen LogP contribution in [0.4, 0.5) is 0 Å². The maximum absolute atomic E-state index is 5.99. The third-order valence-electron chi connectivity index (χ3n) is 7.82. The summed E-state index contributed by atoms with van der Waals surface area (Å²) >= 11 is 5.99. The second kappa shape index (κ2) is 9.53. The number of thiocarbonyl (C=S) groups is 1. The van der Waals surface area contributed by atoms with E-state index in [0.29, 0.717) is 6.04 Å².